The zero-order valence-corrected chi connectivity index (χ0v) is 41.5. The first-order valence-corrected chi connectivity index (χ1v) is 23.2. The Morgan fingerprint density at radius 1 is 0.279 bits per heavy atom. The molecule has 0 spiro atoms. The molecule has 0 unspecified atom stereocenters. The summed E-state index contributed by atoms with van der Waals surface area (Å²) in [6, 6.07) is 50.7. The van der Waals surface area contributed by atoms with Gasteiger partial charge in [-0.2, -0.15) is 0 Å². The van der Waals surface area contributed by atoms with Gasteiger partial charge < -0.3 is 0 Å². The second-order valence-corrected chi connectivity index (χ2v) is 18.2. The third-order valence-corrected chi connectivity index (χ3v) is 12.9. The zero-order chi connectivity index (χ0) is 56.3. The molecule has 0 fully saturated rings. The molecule has 3 heterocycles. The van der Waals surface area contributed by atoms with E-state index in [0.29, 0.717) is 16.7 Å². The van der Waals surface area contributed by atoms with E-state index in [4.69, 9.17) is 12.3 Å². The molecule has 0 bridgehead atoms. The molecule has 342 valence electrons. The lowest BCUT2D eigenvalue weighted by Gasteiger charge is -2.12. The molecule has 0 aliphatic carbocycles. The molecule has 6 aromatic carbocycles. The summed E-state index contributed by atoms with van der Waals surface area (Å²) in [4.78, 5) is 0. The highest BCUT2D eigenvalue weighted by molar-refractivity contribution is 5.77. The van der Waals surface area contributed by atoms with E-state index in [9.17, 15) is 0 Å². The summed E-state index contributed by atoms with van der Waals surface area (Å²) in [5, 5.41) is 0. The predicted molar refractivity (Wildman–Crippen MR) is 288 cm³/mol. The molecule has 0 amide bonds. The summed E-state index contributed by atoms with van der Waals surface area (Å²) in [6.07, 6.45) is 5.55. The predicted octanol–water partition coefficient (Wildman–Crippen LogP) is 14.9. The standard InChI is InChI=1S/2C22H24N.C21H22N/c2*1-15-13-22(23(5)14-18(15)4)21-12-16(2)20(11-17(21)3)19-9-7-6-8-10-19;1-15-10-11-21(22(4)14-15)20-13-19(16(2)12-17(20)3)18-8-6-5-7-9-18/h2*6-14H,1-5H3;5-14H,1-4H3/q3*+1/i4D3;;1D3,2D3. The number of nitrogens with zero attached hydrogens (tertiary/aromatic N) is 3. The highest BCUT2D eigenvalue weighted by Gasteiger charge is 2.19. The second-order valence-electron chi connectivity index (χ2n) is 18.2. The highest BCUT2D eigenvalue weighted by atomic mass is 14.9. The van der Waals surface area contributed by atoms with Crippen molar-refractivity contribution in [2.75, 3.05) is 0 Å². The SMILES string of the molecule is Cc1cc(-c2cc(C)c(-c3ccccc3)cc2C)[n+](C)cc1C.[2H]C([2H])([2H])c1c[n+](C)c(-c2cc(C)c(-c3ccccc3)cc2C)cc1C.[2H]C([2H])([2H])c1ccc(-c2cc(-c3ccccc3)c(C([2H])([2H])[2H])cc2C)[n+](C)c1. The molecule has 3 nitrogen and oxygen atoms in total. The Bertz CT molecular complexity index is 3580. The van der Waals surface area contributed by atoms with Gasteiger partial charge in [-0.1, -0.05) is 109 Å². The van der Waals surface area contributed by atoms with Gasteiger partial charge >= 0.3 is 0 Å². The molecule has 0 aliphatic heterocycles. The molecule has 3 aromatic heterocycles. The van der Waals surface area contributed by atoms with Crippen LogP contribution in [0, 0.1) is 75.9 Å². The monoisotopic (exact) mass is 902 g/mol. The highest BCUT2D eigenvalue weighted by Crippen LogP contribution is 2.34. The van der Waals surface area contributed by atoms with E-state index in [1.807, 2.05) is 74.0 Å². The van der Waals surface area contributed by atoms with Crippen molar-refractivity contribution in [1.82, 2.24) is 0 Å². The first-order valence-electron chi connectivity index (χ1n) is 27.7. The summed E-state index contributed by atoms with van der Waals surface area (Å²) in [5.41, 5.74) is 23.2. The minimum absolute atomic E-state index is 0.263. The maximum absolute atomic E-state index is 7.94. The first-order chi connectivity index (χ1) is 36.1. The maximum Gasteiger partial charge on any atom is 0.212 e. The van der Waals surface area contributed by atoms with Crippen molar-refractivity contribution in [3.05, 3.63) is 231 Å². The maximum atomic E-state index is 7.94. The van der Waals surface area contributed by atoms with Gasteiger partial charge in [-0.05, 0) is 178 Å². The van der Waals surface area contributed by atoms with Crippen molar-refractivity contribution in [3.63, 3.8) is 0 Å². The van der Waals surface area contributed by atoms with Crippen LogP contribution in [-0.2, 0) is 21.1 Å². The normalized spacial score (nSPS) is 13.3. The van der Waals surface area contributed by atoms with Crippen LogP contribution in [-0.4, -0.2) is 0 Å². The fourth-order valence-electron chi connectivity index (χ4n) is 8.94. The molecule has 0 saturated carbocycles. The lowest BCUT2D eigenvalue weighted by Crippen LogP contribution is -2.31. The van der Waals surface area contributed by atoms with Crippen LogP contribution in [0.25, 0.3) is 67.2 Å². The van der Waals surface area contributed by atoms with Crippen LogP contribution in [0.15, 0.2) is 170 Å². The molecule has 0 N–H and O–H groups in total. The Kier molecular flexibility index (Phi) is 11.8. The third-order valence-electron chi connectivity index (χ3n) is 12.9. The van der Waals surface area contributed by atoms with Crippen molar-refractivity contribution < 1.29 is 26.0 Å². The molecule has 9 aromatic rings. The van der Waals surface area contributed by atoms with Crippen molar-refractivity contribution in [2.24, 2.45) is 21.1 Å². The largest absolute Gasteiger partial charge is 0.212 e. The second kappa shape index (κ2) is 21.2. The average Bonchev–Trinajstić information content (AvgIpc) is 3.37. The summed E-state index contributed by atoms with van der Waals surface area (Å²) in [5.74, 6) is 0. The molecule has 0 atom stereocenters. The number of hydrogen-bond acceptors (Lipinski definition) is 0. The van der Waals surface area contributed by atoms with Gasteiger partial charge in [-0.3, -0.25) is 0 Å². The van der Waals surface area contributed by atoms with Crippen LogP contribution >= 0.6 is 0 Å². The summed E-state index contributed by atoms with van der Waals surface area (Å²) in [7, 11) is 5.83. The lowest BCUT2D eigenvalue weighted by atomic mass is 9.93. The van der Waals surface area contributed by atoms with Crippen LogP contribution in [0.4, 0.5) is 0 Å². The van der Waals surface area contributed by atoms with E-state index in [0.717, 1.165) is 39.2 Å². The Morgan fingerprint density at radius 2 is 0.647 bits per heavy atom. The van der Waals surface area contributed by atoms with Crippen LogP contribution in [0.5, 0.6) is 0 Å². The summed E-state index contributed by atoms with van der Waals surface area (Å²) < 4.78 is 75.6. The number of hydrogen-bond donors (Lipinski definition) is 0. The van der Waals surface area contributed by atoms with Gasteiger partial charge in [0.25, 0.3) is 0 Å². The van der Waals surface area contributed by atoms with Gasteiger partial charge in [0.05, 0.1) is 0 Å². The number of benzene rings is 6. The van der Waals surface area contributed by atoms with Crippen LogP contribution < -0.4 is 13.7 Å². The van der Waals surface area contributed by atoms with Crippen LogP contribution in [0.1, 0.15) is 73.5 Å². The molecule has 0 aliphatic rings. The van der Waals surface area contributed by atoms with Gasteiger partial charge in [-0.25, -0.2) is 13.7 Å². The minimum Gasteiger partial charge on any atom is -0.201 e. The van der Waals surface area contributed by atoms with E-state index < -0.39 is 20.6 Å². The number of pyridine rings is 3. The van der Waals surface area contributed by atoms with E-state index in [1.165, 1.54) is 66.9 Å². The van der Waals surface area contributed by atoms with Gasteiger partial charge in [-0.15, -0.1) is 0 Å². The fourth-order valence-corrected chi connectivity index (χ4v) is 8.94. The minimum atomic E-state index is -2.23. The van der Waals surface area contributed by atoms with E-state index in [1.54, 1.807) is 42.2 Å². The number of aromatic nitrogens is 3. The molecule has 68 heavy (non-hydrogen) atoms. The Morgan fingerprint density at radius 3 is 1.09 bits per heavy atom. The van der Waals surface area contributed by atoms with E-state index in [-0.39, 0.29) is 5.56 Å². The van der Waals surface area contributed by atoms with E-state index in [2.05, 4.69) is 144 Å². The Hall–Kier alpha value is -7.23. The Labute approximate surface area is 420 Å². The fraction of sp³-hybridized carbons (Fsp3) is 0.215. The molecule has 0 radical (unpaired) electrons. The van der Waals surface area contributed by atoms with Crippen molar-refractivity contribution in [3.8, 4) is 67.2 Å². The topological polar surface area (TPSA) is 11.6 Å². The molecular weight excluding hydrogens is 823 g/mol. The summed E-state index contributed by atoms with van der Waals surface area (Å²) in [6.45, 7) is 10.2. The van der Waals surface area contributed by atoms with Crippen molar-refractivity contribution in [2.45, 2.75) is 75.9 Å². The molecule has 3 heteroatoms. The molecule has 9 rings (SSSR count). The molecule has 0 saturated heterocycles. The van der Waals surface area contributed by atoms with Crippen LogP contribution in [0.2, 0.25) is 0 Å². The van der Waals surface area contributed by atoms with Crippen molar-refractivity contribution in [1.29, 1.82) is 0 Å². The third kappa shape index (κ3) is 11.0. The van der Waals surface area contributed by atoms with Crippen molar-refractivity contribution >= 4 is 0 Å². The van der Waals surface area contributed by atoms with Gasteiger partial charge in [0.15, 0.2) is 18.6 Å². The van der Waals surface area contributed by atoms with Crippen LogP contribution in [0.3, 0.4) is 0 Å². The zero-order valence-electron chi connectivity index (χ0n) is 50.5. The first kappa shape index (κ1) is 37.8. The Balaban J connectivity index is 0.000000169. The lowest BCUT2D eigenvalue weighted by molar-refractivity contribution is -0.660. The quantitative estimate of drug-likeness (QED) is 0.147. The van der Waals surface area contributed by atoms with E-state index >= 15 is 0 Å². The average molecular weight is 902 g/mol. The van der Waals surface area contributed by atoms with Gasteiger partial charge in [0, 0.05) is 63.9 Å². The van der Waals surface area contributed by atoms with Gasteiger partial charge in [0.1, 0.15) is 21.1 Å². The number of aryl methyl sites for hydroxylation is 14. The summed E-state index contributed by atoms with van der Waals surface area (Å²) >= 11 is 0. The molecular formula is C65H70N3+3. The smallest absolute Gasteiger partial charge is 0.201 e. The van der Waals surface area contributed by atoms with Gasteiger partial charge in [0.2, 0.25) is 17.1 Å². The number of rotatable bonds is 6.